The predicted molar refractivity (Wildman–Crippen MR) is 69.8 cm³/mol. The Balaban J connectivity index is 0.000000796. The number of ether oxygens (including phenoxy) is 1. The zero-order valence-electron chi connectivity index (χ0n) is 10.5. The van der Waals surface area contributed by atoms with E-state index in [2.05, 4.69) is 14.9 Å². The van der Waals surface area contributed by atoms with Crippen LogP contribution in [0.2, 0.25) is 0 Å². The lowest BCUT2D eigenvalue weighted by atomic mass is 10.2. The number of nitrogens with two attached hydrogens (primary N) is 2. The third kappa shape index (κ3) is 10.4. The van der Waals surface area contributed by atoms with Gasteiger partial charge in [0.15, 0.2) is 0 Å². The van der Waals surface area contributed by atoms with Crippen LogP contribution in [0.15, 0.2) is 34.5 Å². The molecule has 0 saturated carbocycles. The number of rotatable bonds is 4. The summed E-state index contributed by atoms with van der Waals surface area (Å²) in [4.78, 5) is 9.00. The van der Waals surface area contributed by atoms with Crippen LogP contribution in [0.5, 0.6) is 5.75 Å². The van der Waals surface area contributed by atoms with E-state index in [9.17, 15) is 8.78 Å². The summed E-state index contributed by atoms with van der Waals surface area (Å²) in [6, 6.07) is 5.87. The number of alkyl halides is 2. The topological polar surface area (TPSA) is 123 Å². The van der Waals surface area contributed by atoms with Crippen molar-refractivity contribution in [1.82, 2.24) is 0 Å². The molecular formula is C11H14F2N4O3. The van der Waals surface area contributed by atoms with E-state index in [1.165, 1.54) is 18.3 Å². The first-order valence-electron chi connectivity index (χ1n) is 5.17. The SMILES string of the molecule is CC(=O)O.NC(N)=N/N=C/c1ccc(OC(F)F)cc1. The second kappa shape index (κ2) is 9.25. The van der Waals surface area contributed by atoms with E-state index in [1.807, 2.05) is 0 Å². The molecule has 110 valence electrons. The van der Waals surface area contributed by atoms with Crippen LogP contribution in [0.1, 0.15) is 12.5 Å². The lowest BCUT2D eigenvalue weighted by Crippen LogP contribution is -2.21. The summed E-state index contributed by atoms with van der Waals surface area (Å²) in [5, 5.41) is 14.4. The smallest absolute Gasteiger partial charge is 0.387 e. The standard InChI is InChI=1S/C9H10F2N4O.C2H4O2/c10-8(11)16-7-3-1-6(2-4-7)5-14-15-9(12)13;1-2(3)4/h1-5,8H,(H4,12,13,15);1H3,(H,3,4)/b14-5+;. The highest BCUT2D eigenvalue weighted by molar-refractivity contribution is 5.81. The van der Waals surface area contributed by atoms with Crippen molar-refractivity contribution in [2.45, 2.75) is 13.5 Å². The maximum absolute atomic E-state index is 11.8. The molecule has 0 aliphatic rings. The summed E-state index contributed by atoms with van der Waals surface area (Å²) in [5.74, 6) is -0.914. The lowest BCUT2D eigenvalue weighted by Gasteiger charge is -2.03. The van der Waals surface area contributed by atoms with E-state index in [0.29, 0.717) is 5.56 Å². The van der Waals surface area contributed by atoms with Crippen molar-refractivity contribution in [2.75, 3.05) is 0 Å². The molecule has 0 atom stereocenters. The monoisotopic (exact) mass is 288 g/mol. The molecule has 0 spiro atoms. The number of carboxylic acid groups (broad SMARTS) is 1. The third-order valence-electron chi connectivity index (χ3n) is 1.49. The number of carbonyl (C=O) groups is 1. The second-order valence-corrected chi connectivity index (χ2v) is 3.24. The first-order valence-corrected chi connectivity index (χ1v) is 5.17. The molecule has 0 radical (unpaired) electrons. The Bertz CT molecular complexity index is 467. The zero-order chi connectivity index (χ0) is 15.5. The van der Waals surface area contributed by atoms with Gasteiger partial charge in [0, 0.05) is 6.92 Å². The molecule has 5 N–H and O–H groups in total. The van der Waals surface area contributed by atoms with Gasteiger partial charge in [0.2, 0.25) is 5.96 Å². The molecule has 0 bridgehead atoms. The van der Waals surface area contributed by atoms with Crippen molar-refractivity contribution in [3.63, 3.8) is 0 Å². The highest BCUT2D eigenvalue weighted by atomic mass is 19.3. The zero-order valence-corrected chi connectivity index (χ0v) is 10.5. The first kappa shape index (κ1) is 17.3. The molecule has 9 heteroatoms. The molecule has 0 amide bonds. The number of hydrogen-bond acceptors (Lipinski definition) is 4. The number of benzene rings is 1. The fourth-order valence-corrected chi connectivity index (χ4v) is 0.898. The van der Waals surface area contributed by atoms with Gasteiger partial charge in [0.1, 0.15) is 5.75 Å². The van der Waals surface area contributed by atoms with Gasteiger partial charge in [-0.25, -0.2) is 0 Å². The molecular weight excluding hydrogens is 274 g/mol. The number of carboxylic acids is 1. The average molecular weight is 288 g/mol. The summed E-state index contributed by atoms with van der Waals surface area (Å²) >= 11 is 0. The van der Waals surface area contributed by atoms with Crippen LogP contribution in [0.3, 0.4) is 0 Å². The molecule has 1 rings (SSSR count). The Morgan fingerprint density at radius 3 is 2.25 bits per heavy atom. The van der Waals surface area contributed by atoms with Gasteiger partial charge in [-0.15, -0.1) is 5.10 Å². The molecule has 7 nitrogen and oxygen atoms in total. The summed E-state index contributed by atoms with van der Waals surface area (Å²) in [6.07, 6.45) is 1.38. The van der Waals surface area contributed by atoms with E-state index in [0.717, 1.165) is 6.92 Å². The molecule has 0 aliphatic heterocycles. The molecule has 0 fully saturated rings. The minimum atomic E-state index is -2.83. The Hall–Kier alpha value is -2.71. The van der Waals surface area contributed by atoms with Crippen LogP contribution < -0.4 is 16.2 Å². The van der Waals surface area contributed by atoms with Crippen molar-refractivity contribution in [2.24, 2.45) is 21.7 Å². The van der Waals surface area contributed by atoms with Crippen molar-refractivity contribution in [3.8, 4) is 5.75 Å². The fraction of sp³-hybridized carbons (Fsp3) is 0.182. The fourth-order valence-electron chi connectivity index (χ4n) is 0.898. The minimum absolute atomic E-state index is 0.0778. The number of hydrogen-bond donors (Lipinski definition) is 3. The van der Waals surface area contributed by atoms with Gasteiger partial charge >= 0.3 is 6.61 Å². The maximum Gasteiger partial charge on any atom is 0.387 e. The number of aliphatic carboxylic acids is 1. The van der Waals surface area contributed by atoms with Crippen molar-refractivity contribution >= 4 is 18.1 Å². The molecule has 0 aliphatic carbocycles. The highest BCUT2D eigenvalue weighted by Gasteiger charge is 2.02. The van der Waals surface area contributed by atoms with E-state index >= 15 is 0 Å². The molecule has 0 saturated heterocycles. The van der Waals surface area contributed by atoms with Crippen molar-refractivity contribution < 1.29 is 23.4 Å². The van der Waals surface area contributed by atoms with Crippen LogP contribution in [0.4, 0.5) is 8.78 Å². The Labute approximate surface area is 113 Å². The number of guanidine groups is 1. The molecule has 1 aromatic rings. The maximum atomic E-state index is 11.8. The summed E-state index contributed by atoms with van der Waals surface area (Å²) < 4.78 is 27.8. The molecule has 0 heterocycles. The van der Waals surface area contributed by atoms with Gasteiger partial charge in [-0.3, -0.25) is 4.79 Å². The van der Waals surface area contributed by atoms with E-state index in [1.54, 1.807) is 12.1 Å². The largest absolute Gasteiger partial charge is 0.481 e. The Morgan fingerprint density at radius 1 is 1.35 bits per heavy atom. The summed E-state index contributed by atoms with van der Waals surface area (Å²) in [6.45, 7) is -1.75. The Kier molecular flexibility index (Phi) is 8.00. The van der Waals surface area contributed by atoms with Crippen LogP contribution in [0.25, 0.3) is 0 Å². The van der Waals surface area contributed by atoms with Gasteiger partial charge in [-0.05, 0) is 29.8 Å². The van der Waals surface area contributed by atoms with E-state index in [4.69, 9.17) is 21.4 Å². The highest BCUT2D eigenvalue weighted by Crippen LogP contribution is 2.13. The van der Waals surface area contributed by atoms with Gasteiger partial charge < -0.3 is 21.3 Å². The number of halogens is 2. The average Bonchev–Trinajstić information content (AvgIpc) is 2.29. The lowest BCUT2D eigenvalue weighted by molar-refractivity contribution is -0.134. The van der Waals surface area contributed by atoms with Gasteiger partial charge in [-0.2, -0.15) is 13.9 Å². The number of nitrogens with zero attached hydrogens (tertiary/aromatic N) is 2. The summed E-state index contributed by atoms with van der Waals surface area (Å²) in [5.41, 5.74) is 10.8. The Morgan fingerprint density at radius 2 is 1.85 bits per heavy atom. The summed E-state index contributed by atoms with van der Waals surface area (Å²) in [7, 11) is 0. The van der Waals surface area contributed by atoms with Crippen LogP contribution >= 0.6 is 0 Å². The normalized spacial score (nSPS) is 9.80. The van der Waals surface area contributed by atoms with Crippen molar-refractivity contribution in [1.29, 1.82) is 0 Å². The van der Waals surface area contributed by atoms with Crippen LogP contribution in [-0.2, 0) is 4.79 Å². The van der Waals surface area contributed by atoms with E-state index in [-0.39, 0.29) is 11.7 Å². The second-order valence-electron chi connectivity index (χ2n) is 3.24. The van der Waals surface area contributed by atoms with Gasteiger partial charge in [0.25, 0.3) is 5.97 Å². The van der Waals surface area contributed by atoms with Crippen LogP contribution in [-0.4, -0.2) is 29.9 Å². The minimum Gasteiger partial charge on any atom is -0.481 e. The van der Waals surface area contributed by atoms with Crippen molar-refractivity contribution in [3.05, 3.63) is 29.8 Å². The van der Waals surface area contributed by atoms with Gasteiger partial charge in [-0.1, -0.05) is 0 Å². The molecule has 0 aromatic heterocycles. The molecule has 20 heavy (non-hydrogen) atoms. The van der Waals surface area contributed by atoms with Crippen LogP contribution in [0, 0.1) is 0 Å². The predicted octanol–water partition coefficient (Wildman–Crippen LogP) is 0.986. The molecule has 0 unspecified atom stereocenters. The third-order valence-corrected chi connectivity index (χ3v) is 1.49. The quantitative estimate of drug-likeness (QED) is 0.433. The first-order chi connectivity index (χ1) is 9.31. The van der Waals surface area contributed by atoms with Gasteiger partial charge in [0.05, 0.1) is 6.21 Å². The molecule has 1 aromatic carbocycles. The van der Waals surface area contributed by atoms with E-state index < -0.39 is 12.6 Å².